The number of thioether (sulfide) groups is 1. The van der Waals surface area contributed by atoms with E-state index >= 15 is 0 Å². The Morgan fingerprint density at radius 3 is 2.72 bits per heavy atom. The zero-order valence-corrected chi connectivity index (χ0v) is 16.7. The standard InChI is InChI=1S/C20H19N3O5S/c1-23-18(24)10-17(19(25)21-12-3-6-14(26-2)7-4-12)29-20(23)22-13-5-8-15-16(9-13)28-11-27-15/h3-9,17H,10-11H2,1-2H3,(H,21,25)/t17-/m1/s1. The number of methoxy groups -OCH3 is 1. The van der Waals surface area contributed by atoms with Crippen LogP contribution >= 0.6 is 11.8 Å². The number of amidine groups is 1. The molecule has 0 spiro atoms. The molecule has 1 N–H and O–H groups in total. The SMILES string of the molecule is COc1ccc(NC(=O)[C@H]2CC(=O)N(C)C(=Nc3ccc4c(c3)OCO4)S2)cc1. The van der Waals surface area contributed by atoms with Gasteiger partial charge in [-0.3, -0.25) is 14.5 Å². The fraction of sp³-hybridized carbons (Fsp3) is 0.250. The van der Waals surface area contributed by atoms with Crippen LogP contribution in [0, 0.1) is 0 Å². The zero-order chi connectivity index (χ0) is 20.4. The van der Waals surface area contributed by atoms with Crippen molar-refractivity contribution in [3.8, 4) is 17.2 Å². The normalized spacial score (nSPS) is 19.4. The molecule has 0 unspecified atom stereocenters. The minimum absolute atomic E-state index is 0.101. The lowest BCUT2D eigenvalue weighted by Crippen LogP contribution is -2.43. The van der Waals surface area contributed by atoms with E-state index in [0.29, 0.717) is 33.8 Å². The second kappa shape index (κ2) is 8.04. The number of carbonyl (C=O) groups is 2. The first-order chi connectivity index (χ1) is 14.0. The number of hydrogen-bond acceptors (Lipinski definition) is 7. The van der Waals surface area contributed by atoms with Crippen molar-refractivity contribution in [3.05, 3.63) is 42.5 Å². The molecule has 0 aromatic heterocycles. The van der Waals surface area contributed by atoms with Gasteiger partial charge >= 0.3 is 0 Å². The molecule has 0 bridgehead atoms. The first kappa shape index (κ1) is 19.1. The Kier molecular flexibility index (Phi) is 5.30. The largest absolute Gasteiger partial charge is 0.497 e. The van der Waals surface area contributed by atoms with Crippen LogP contribution in [0.2, 0.25) is 0 Å². The van der Waals surface area contributed by atoms with Gasteiger partial charge in [0.1, 0.15) is 11.0 Å². The van der Waals surface area contributed by atoms with Gasteiger partial charge in [-0.05, 0) is 36.4 Å². The predicted molar refractivity (Wildman–Crippen MR) is 110 cm³/mol. The Labute approximate surface area is 171 Å². The quantitative estimate of drug-likeness (QED) is 0.829. The number of amides is 2. The van der Waals surface area contributed by atoms with Gasteiger partial charge in [0.25, 0.3) is 0 Å². The van der Waals surface area contributed by atoms with Gasteiger partial charge in [0.15, 0.2) is 16.7 Å². The second-order valence-electron chi connectivity index (χ2n) is 6.41. The number of anilines is 1. The molecule has 2 aromatic carbocycles. The van der Waals surface area contributed by atoms with Crippen molar-refractivity contribution < 1.29 is 23.8 Å². The van der Waals surface area contributed by atoms with Crippen molar-refractivity contribution in [1.29, 1.82) is 0 Å². The highest BCUT2D eigenvalue weighted by Crippen LogP contribution is 2.36. The molecule has 9 heteroatoms. The molecule has 2 heterocycles. The number of hydrogen-bond donors (Lipinski definition) is 1. The van der Waals surface area contributed by atoms with Crippen molar-refractivity contribution >= 4 is 40.1 Å². The fourth-order valence-corrected chi connectivity index (χ4v) is 3.92. The molecule has 150 valence electrons. The second-order valence-corrected chi connectivity index (χ2v) is 7.58. The van der Waals surface area contributed by atoms with Crippen LogP contribution in [-0.2, 0) is 9.59 Å². The van der Waals surface area contributed by atoms with Crippen LogP contribution in [0.25, 0.3) is 0 Å². The average Bonchev–Trinajstić information content (AvgIpc) is 3.19. The topological polar surface area (TPSA) is 89.5 Å². The minimum Gasteiger partial charge on any atom is -0.497 e. The highest BCUT2D eigenvalue weighted by atomic mass is 32.2. The molecule has 8 nitrogen and oxygen atoms in total. The molecule has 2 aliphatic rings. The lowest BCUT2D eigenvalue weighted by Gasteiger charge is -2.28. The van der Waals surface area contributed by atoms with Gasteiger partial charge < -0.3 is 19.5 Å². The molecule has 2 amide bonds. The van der Waals surface area contributed by atoms with Gasteiger partial charge in [-0.2, -0.15) is 0 Å². The predicted octanol–water partition coefficient (Wildman–Crippen LogP) is 3.01. The van der Waals surface area contributed by atoms with E-state index < -0.39 is 5.25 Å². The summed E-state index contributed by atoms with van der Waals surface area (Å²) < 4.78 is 15.8. The van der Waals surface area contributed by atoms with Gasteiger partial charge in [0.05, 0.1) is 12.8 Å². The first-order valence-electron chi connectivity index (χ1n) is 8.90. The monoisotopic (exact) mass is 413 g/mol. The van der Waals surface area contributed by atoms with Crippen LogP contribution in [0.4, 0.5) is 11.4 Å². The molecule has 0 aliphatic carbocycles. The van der Waals surface area contributed by atoms with E-state index in [1.54, 1.807) is 56.6 Å². The molecule has 29 heavy (non-hydrogen) atoms. The van der Waals surface area contributed by atoms with Crippen molar-refractivity contribution in [2.45, 2.75) is 11.7 Å². The Bertz CT molecular complexity index is 977. The molecule has 2 aliphatic heterocycles. The zero-order valence-electron chi connectivity index (χ0n) is 15.9. The van der Waals surface area contributed by atoms with E-state index in [2.05, 4.69) is 10.3 Å². The number of nitrogens with one attached hydrogen (secondary N) is 1. The summed E-state index contributed by atoms with van der Waals surface area (Å²) in [5.41, 5.74) is 1.25. The van der Waals surface area contributed by atoms with E-state index in [-0.39, 0.29) is 25.0 Å². The summed E-state index contributed by atoms with van der Waals surface area (Å²) >= 11 is 1.25. The molecule has 0 saturated carbocycles. The van der Waals surface area contributed by atoms with E-state index in [1.165, 1.54) is 16.7 Å². The van der Waals surface area contributed by atoms with Gasteiger partial charge in [-0.25, -0.2) is 4.99 Å². The number of ether oxygens (including phenoxy) is 3. The highest BCUT2D eigenvalue weighted by Gasteiger charge is 2.34. The third-order valence-corrected chi connectivity index (χ3v) is 5.74. The summed E-state index contributed by atoms with van der Waals surface area (Å²) in [5, 5.41) is 2.72. The summed E-state index contributed by atoms with van der Waals surface area (Å²) in [6.45, 7) is 0.177. The van der Waals surface area contributed by atoms with Crippen molar-refractivity contribution in [3.63, 3.8) is 0 Å². The molecule has 1 saturated heterocycles. The lowest BCUT2D eigenvalue weighted by molar-refractivity contribution is -0.128. The van der Waals surface area contributed by atoms with E-state index in [4.69, 9.17) is 14.2 Å². The molecule has 1 fully saturated rings. The highest BCUT2D eigenvalue weighted by molar-refractivity contribution is 8.15. The summed E-state index contributed by atoms with van der Waals surface area (Å²) in [6, 6.07) is 12.3. The smallest absolute Gasteiger partial charge is 0.238 e. The number of nitrogens with zero attached hydrogens (tertiary/aromatic N) is 2. The van der Waals surface area contributed by atoms with Crippen LogP contribution in [0.1, 0.15) is 6.42 Å². The third kappa shape index (κ3) is 4.14. The lowest BCUT2D eigenvalue weighted by atomic mass is 10.2. The number of carbonyl (C=O) groups excluding carboxylic acids is 2. The van der Waals surface area contributed by atoms with E-state index in [9.17, 15) is 9.59 Å². The fourth-order valence-electron chi connectivity index (χ4n) is 2.86. The summed E-state index contributed by atoms with van der Waals surface area (Å²) in [6.07, 6.45) is 0.101. The Morgan fingerprint density at radius 2 is 1.97 bits per heavy atom. The molecule has 1 atom stereocenters. The van der Waals surface area contributed by atoms with Crippen LogP contribution in [-0.4, -0.2) is 48.1 Å². The van der Waals surface area contributed by atoms with Gasteiger partial charge in [-0.1, -0.05) is 11.8 Å². The Hall–Kier alpha value is -3.20. The minimum atomic E-state index is -0.575. The Balaban J connectivity index is 1.50. The molecular weight excluding hydrogens is 394 g/mol. The maximum absolute atomic E-state index is 12.7. The van der Waals surface area contributed by atoms with Crippen molar-refractivity contribution in [2.75, 3.05) is 26.3 Å². The molecular formula is C20H19N3O5S. The van der Waals surface area contributed by atoms with Gasteiger partial charge in [0, 0.05) is 25.2 Å². The maximum Gasteiger partial charge on any atom is 0.238 e. The van der Waals surface area contributed by atoms with Crippen LogP contribution in [0.3, 0.4) is 0 Å². The molecule has 4 rings (SSSR count). The van der Waals surface area contributed by atoms with Gasteiger partial charge in [-0.15, -0.1) is 0 Å². The Morgan fingerprint density at radius 1 is 1.21 bits per heavy atom. The number of aliphatic imine (C=N–C) groups is 1. The molecule has 0 radical (unpaired) electrons. The summed E-state index contributed by atoms with van der Waals surface area (Å²) in [5.74, 6) is 1.55. The van der Waals surface area contributed by atoms with Crippen molar-refractivity contribution in [1.82, 2.24) is 4.90 Å². The van der Waals surface area contributed by atoms with Crippen molar-refractivity contribution in [2.24, 2.45) is 4.99 Å². The maximum atomic E-state index is 12.7. The third-order valence-electron chi connectivity index (χ3n) is 4.50. The number of fused-ring (bicyclic) bond motifs is 1. The van der Waals surface area contributed by atoms with Crippen LogP contribution in [0.15, 0.2) is 47.5 Å². The number of benzene rings is 2. The molecule has 2 aromatic rings. The summed E-state index contributed by atoms with van der Waals surface area (Å²) in [4.78, 5) is 31.1. The summed E-state index contributed by atoms with van der Waals surface area (Å²) in [7, 11) is 3.23. The average molecular weight is 413 g/mol. The van der Waals surface area contributed by atoms with Gasteiger partial charge in [0.2, 0.25) is 18.6 Å². The number of rotatable bonds is 4. The van der Waals surface area contributed by atoms with Crippen LogP contribution < -0.4 is 19.5 Å². The van der Waals surface area contributed by atoms with E-state index in [0.717, 1.165) is 0 Å². The first-order valence-corrected chi connectivity index (χ1v) is 9.78. The van der Waals surface area contributed by atoms with E-state index in [1.807, 2.05) is 0 Å². The van der Waals surface area contributed by atoms with Crippen LogP contribution in [0.5, 0.6) is 17.2 Å².